The molecular weight excluding hydrogens is 256 g/mol. The van der Waals surface area contributed by atoms with Crippen LogP contribution < -0.4 is 10.2 Å². The van der Waals surface area contributed by atoms with E-state index >= 15 is 0 Å². The number of benzene rings is 1. The van der Waals surface area contributed by atoms with Gasteiger partial charge in [0, 0.05) is 24.3 Å². The molecule has 118 valence electrons. The summed E-state index contributed by atoms with van der Waals surface area (Å²) in [7, 11) is 0. The van der Waals surface area contributed by atoms with Crippen LogP contribution in [0.25, 0.3) is 0 Å². The molecule has 0 saturated carbocycles. The highest BCUT2D eigenvalue weighted by Crippen LogP contribution is 2.33. The number of nitrogens with one attached hydrogen (secondary N) is 1. The van der Waals surface area contributed by atoms with Crippen molar-refractivity contribution in [1.29, 1.82) is 0 Å². The predicted octanol–water partition coefficient (Wildman–Crippen LogP) is 4.91. The molecule has 2 rings (SSSR count). The predicted molar refractivity (Wildman–Crippen MR) is 93.0 cm³/mol. The first-order chi connectivity index (χ1) is 10.3. The highest BCUT2D eigenvalue weighted by molar-refractivity contribution is 5.56. The molecule has 0 radical (unpaired) electrons. The molecule has 1 N–H and O–H groups in total. The molecule has 1 aliphatic rings. The number of rotatable bonds is 6. The number of hydrogen-bond donors (Lipinski definition) is 1. The molecule has 2 atom stereocenters. The van der Waals surface area contributed by atoms with Gasteiger partial charge in [0.25, 0.3) is 0 Å². The van der Waals surface area contributed by atoms with Crippen LogP contribution in [0, 0.1) is 0 Å². The van der Waals surface area contributed by atoms with Gasteiger partial charge in [0.2, 0.25) is 0 Å². The molecule has 2 heteroatoms. The van der Waals surface area contributed by atoms with Gasteiger partial charge in [-0.3, -0.25) is 0 Å². The van der Waals surface area contributed by atoms with Crippen molar-refractivity contribution in [2.45, 2.75) is 71.4 Å². The SMILES string of the molecule is CCNC(CC)c1ccccc1N1CCCCCC1CC. The van der Waals surface area contributed by atoms with Crippen molar-refractivity contribution in [3.63, 3.8) is 0 Å². The van der Waals surface area contributed by atoms with Crippen LogP contribution >= 0.6 is 0 Å². The van der Waals surface area contributed by atoms with E-state index in [1.165, 1.54) is 49.9 Å². The van der Waals surface area contributed by atoms with Gasteiger partial charge in [0.15, 0.2) is 0 Å². The third kappa shape index (κ3) is 4.00. The Kier molecular flexibility index (Phi) is 6.56. The van der Waals surface area contributed by atoms with E-state index in [4.69, 9.17) is 0 Å². The number of para-hydroxylation sites is 1. The monoisotopic (exact) mass is 288 g/mol. The van der Waals surface area contributed by atoms with Crippen LogP contribution in [0.15, 0.2) is 24.3 Å². The van der Waals surface area contributed by atoms with Crippen LogP contribution in [-0.4, -0.2) is 19.1 Å². The van der Waals surface area contributed by atoms with E-state index in [0.717, 1.165) is 13.0 Å². The quantitative estimate of drug-likeness (QED) is 0.800. The Morgan fingerprint density at radius 2 is 1.95 bits per heavy atom. The highest BCUT2D eigenvalue weighted by atomic mass is 15.2. The van der Waals surface area contributed by atoms with Crippen molar-refractivity contribution in [3.05, 3.63) is 29.8 Å². The highest BCUT2D eigenvalue weighted by Gasteiger charge is 2.23. The molecule has 1 heterocycles. The topological polar surface area (TPSA) is 15.3 Å². The van der Waals surface area contributed by atoms with E-state index in [1.807, 2.05) is 0 Å². The van der Waals surface area contributed by atoms with Crippen LogP contribution in [0.5, 0.6) is 0 Å². The van der Waals surface area contributed by atoms with Gasteiger partial charge in [0.05, 0.1) is 0 Å². The molecule has 2 nitrogen and oxygen atoms in total. The van der Waals surface area contributed by atoms with E-state index in [0.29, 0.717) is 12.1 Å². The summed E-state index contributed by atoms with van der Waals surface area (Å²) >= 11 is 0. The first-order valence-corrected chi connectivity index (χ1v) is 8.90. The Bertz CT molecular complexity index is 416. The maximum absolute atomic E-state index is 3.65. The van der Waals surface area contributed by atoms with Crippen molar-refractivity contribution in [1.82, 2.24) is 5.32 Å². The lowest BCUT2D eigenvalue weighted by Gasteiger charge is -2.34. The van der Waals surface area contributed by atoms with Crippen molar-refractivity contribution in [2.75, 3.05) is 18.0 Å². The average Bonchev–Trinajstić information content (AvgIpc) is 2.77. The molecule has 1 aliphatic heterocycles. The Morgan fingerprint density at radius 3 is 2.67 bits per heavy atom. The molecule has 0 spiro atoms. The minimum absolute atomic E-state index is 0.479. The third-order valence-corrected chi connectivity index (χ3v) is 4.83. The first kappa shape index (κ1) is 16.4. The molecule has 0 bridgehead atoms. The molecule has 21 heavy (non-hydrogen) atoms. The summed E-state index contributed by atoms with van der Waals surface area (Å²) in [5, 5.41) is 3.65. The van der Waals surface area contributed by atoms with Crippen LogP contribution in [-0.2, 0) is 0 Å². The fourth-order valence-corrected chi connectivity index (χ4v) is 3.68. The lowest BCUT2D eigenvalue weighted by molar-refractivity contribution is 0.524. The second-order valence-corrected chi connectivity index (χ2v) is 6.18. The lowest BCUT2D eigenvalue weighted by Crippen LogP contribution is -2.36. The zero-order valence-electron chi connectivity index (χ0n) is 14.1. The standard InChI is InChI=1S/C19H32N2/c1-4-16-12-8-7-11-15-21(16)19-14-10-9-13-17(19)18(5-2)20-6-3/h9-10,13-14,16,18,20H,4-8,11-12,15H2,1-3H3. The average molecular weight is 288 g/mol. The summed E-state index contributed by atoms with van der Waals surface area (Å²) in [6.45, 7) is 9.07. The van der Waals surface area contributed by atoms with Crippen LogP contribution in [0.1, 0.15) is 70.9 Å². The molecule has 1 fully saturated rings. The molecule has 0 aliphatic carbocycles. The number of anilines is 1. The fraction of sp³-hybridized carbons (Fsp3) is 0.684. The van der Waals surface area contributed by atoms with Crippen LogP contribution in [0.4, 0.5) is 5.69 Å². The summed E-state index contributed by atoms with van der Waals surface area (Å²) in [4.78, 5) is 2.70. The van der Waals surface area contributed by atoms with Crippen molar-refractivity contribution < 1.29 is 0 Å². The normalized spacial score (nSPS) is 21.1. The van der Waals surface area contributed by atoms with Gasteiger partial charge in [0.1, 0.15) is 0 Å². The van der Waals surface area contributed by atoms with E-state index < -0.39 is 0 Å². The van der Waals surface area contributed by atoms with Crippen molar-refractivity contribution in [3.8, 4) is 0 Å². The minimum atomic E-state index is 0.479. The smallest absolute Gasteiger partial charge is 0.0417 e. The molecule has 1 saturated heterocycles. The fourth-order valence-electron chi connectivity index (χ4n) is 3.68. The molecule has 2 unspecified atom stereocenters. The number of nitrogens with zero attached hydrogens (tertiary/aromatic N) is 1. The summed E-state index contributed by atoms with van der Waals surface area (Å²) in [5.41, 5.74) is 2.96. The van der Waals surface area contributed by atoms with Gasteiger partial charge >= 0.3 is 0 Å². The van der Waals surface area contributed by atoms with Gasteiger partial charge in [-0.25, -0.2) is 0 Å². The van der Waals surface area contributed by atoms with Gasteiger partial charge in [-0.1, -0.05) is 51.8 Å². The summed E-state index contributed by atoms with van der Waals surface area (Å²) in [6, 6.07) is 10.2. The third-order valence-electron chi connectivity index (χ3n) is 4.83. The zero-order valence-corrected chi connectivity index (χ0v) is 14.1. The minimum Gasteiger partial charge on any atom is -0.368 e. The Hall–Kier alpha value is -1.02. The molecule has 0 aromatic heterocycles. The Labute approximate surface area is 130 Å². The number of hydrogen-bond acceptors (Lipinski definition) is 2. The van der Waals surface area contributed by atoms with E-state index in [-0.39, 0.29) is 0 Å². The van der Waals surface area contributed by atoms with Gasteiger partial charge in [-0.15, -0.1) is 0 Å². The maximum atomic E-state index is 3.65. The summed E-state index contributed by atoms with van der Waals surface area (Å²) < 4.78 is 0. The lowest BCUT2D eigenvalue weighted by atomic mass is 9.99. The van der Waals surface area contributed by atoms with Crippen LogP contribution in [0.2, 0.25) is 0 Å². The summed E-state index contributed by atoms with van der Waals surface area (Å²) in [6.07, 6.45) is 7.87. The second-order valence-electron chi connectivity index (χ2n) is 6.18. The van der Waals surface area contributed by atoms with Gasteiger partial charge in [-0.2, -0.15) is 0 Å². The van der Waals surface area contributed by atoms with E-state index in [9.17, 15) is 0 Å². The largest absolute Gasteiger partial charge is 0.368 e. The van der Waals surface area contributed by atoms with Gasteiger partial charge < -0.3 is 10.2 Å². The first-order valence-electron chi connectivity index (χ1n) is 8.90. The molecule has 0 amide bonds. The summed E-state index contributed by atoms with van der Waals surface area (Å²) in [5.74, 6) is 0. The Morgan fingerprint density at radius 1 is 1.14 bits per heavy atom. The zero-order chi connectivity index (χ0) is 15.1. The van der Waals surface area contributed by atoms with Gasteiger partial charge in [-0.05, 0) is 43.9 Å². The van der Waals surface area contributed by atoms with Crippen molar-refractivity contribution >= 4 is 5.69 Å². The molecular formula is C19H32N2. The molecule has 1 aromatic rings. The second kappa shape index (κ2) is 8.43. The Balaban J connectivity index is 2.32. The van der Waals surface area contributed by atoms with E-state index in [1.54, 1.807) is 0 Å². The maximum Gasteiger partial charge on any atom is 0.0417 e. The van der Waals surface area contributed by atoms with Crippen molar-refractivity contribution in [2.24, 2.45) is 0 Å². The molecule has 1 aromatic carbocycles. The van der Waals surface area contributed by atoms with E-state index in [2.05, 4.69) is 55.3 Å². The van der Waals surface area contributed by atoms with Crippen LogP contribution in [0.3, 0.4) is 0 Å².